The molecule has 1 heterocycles. The van der Waals surface area contributed by atoms with Gasteiger partial charge in [-0.3, -0.25) is 4.79 Å². The van der Waals surface area contributed by atoms with E-state index in [4.69, 9.17) is 13.9 Å². The number of benzene rings is 2. The molecule has 9 rings (SSSR count). The molecule has 6 aliphatic carbocycles. The fraction of sp³-hybridized carbons (Fsp3) is 0.524. The molecule has 1 unspecified atom stereocenters. The maximum atomic E-state index is 14.5. The van der Waals surface area contributed by atoms with Crippen LogP contribution in [0.3, 0.4) is 0 Å². The second-order valence-electron chi connectivity index (χ2n) is 16.3. The Kier molecular flexibility index (Phi) is 7.97. The van der Waals surface area contributed by atoms with Gasteiger partial charge in [0, 0.05) is 42.1 Å². The van der Waals surface area contributed by atoms with Gasteiger partial charge in [0.15, 0.2) is 5.76 Å². The number of allylic oxidation sites excluding steroid dienone is 4. The molecule has 8 nitrogen and oxygen atoms in total. The minimum Gasteiger partial charge on any atom is -0.461 e. The van der Waals surface area contributed by atoms with Gasteiger partial charge in [0.2, 0.25) is 5.78 Å². The minimum absolute atomic E-state index is 0.0422. The Hall–Kier alpha value is -3.72. The smallest absolute Gasteiger partial charge is 0.415 e. The number of fused-ring (bicyclic) bond motifs is 2. The van der Waals surface area contributed by atoms with E-state index in [1.165, 1.54) is 0 Å². The highest BCUT2D eigenvalue weighted by Crippen LogP contribution is 2.78. The fourth-order valence-electron chi connectivity index (χ4n) is 11.5. The molecule has 2 aromatic carbocycles. The van der Waals surface area contributed by atoms with Crippen molar-refractivity contribution in [3.8, 4) is 5.75 Å². The van der Waals surface area contributed by atoms with Gasteiger partial charge in [-0.25, -0.2) is 4.79 Å². The molecule has 0 radical (unpaired) electrons. The van der Waals surface area contributed by atoms with Crippen molar-refractivity contribution in [2.24, 2.45) is 33.5 Å². The number of ether oxygens (including phenoxy) is 2. The second kappa shape index (κ2) is 11.9. The lowest BCUT2D eigenvalue weighted by Gasteiger charge is -2.71. The van der Waals surface area contributed by atoms with Gasteiger partial charge in [-0.2, -0.15) is 0 Å². The fourth-order valence-corrected chi connectivity index (χ4v) is 11.5. The zero-order valence-electron chi connectivity index (χ0n) is 29.4. The Morgan fingerprint density at radius 2 is 1.70 bits per heavy atom. The number of ketones is 1. The van der Waals surface area contributed by atoms with Gasteiger partial charge in [0.25, 0.3) is 0 Å². The van der Waals surface area contributed by atoms with E-state index in [0.717, 1.165) is 42.0 Å². The van der Waals surface area contributed by atoms with Gasteiger partial charge in [-0.15, -0.1) is 0 Å². The summed E-state index contributed by atoms with van der Waals surface area (Å²) in [5, 5.41) is 25.9. The summed E-state index contributed by atoms with van der Waals surface area (Å²) in [6.45, 7) is 5.54. The first-order valence-corrected chi connectivity index (χ1v) is 18.4. The quantitative estimate of drug-likeness (QED) is 0.135. The molecule has 0 aliphatic heterocycles. The predicted molar refractivity (Wildman–Crippen MR) is 190 cm³/mol. The van der Waals surface area contributed by atoms with Crippen LogP contribution in [0.2, 0.25) is 0 Å². The van der Waals surface area contributed by atoms with E-state index in [1.807, 2.05) is 42.5 Å². The molecule has 3 fully saturated rings. The number of Topliss-reactive ketones (excluding diaryl/α,β-unsaturated/α-hetero) is 1. The Morgan fingerprint density at radius 3 is 2.48 bits per heavy atom. The van der Waals surface area contributed by atoms with Crippen molar-refractivity contribution in [3.63, 3.8) is 0 Å². The SMILES string of the molecule is COCCCN(C[C@]1(O)CC[C@H]2[C@]34C=C[C@@]5(C=C3C(=O)c3ccco3)CC(O)CC[C@]5(C)[C@H]4CC[C@@]21C)C(=O)Oc1ccc2ccccc2c1. The number of aliphatic hydroxyl groups is 2. The normalized spacial score (nSPS) is 36.7. The van der Waals surface area contributed by atoms with E-state index in [-0.39, 0.29) is 29.6 Å². The molecule has 0 saturated heterocycles. The molecule has 1 amide bonds. The van der Waals surface area contributed by atoms with Crippen LogP contribution in [-0.4, -0.2) is 65.5 Å². The molecule has 3 aromatic rings. The molecule has 2 bridgehead atoms. The van der Waals surface area contributed by atoms with Crippen LogP contribution in [-0.2, 0) is 4.74 Å². The molecule has 3 saturated carbocycles. The first-order chi connectivity index (χ1) is 24.0. The maximum absolute atomic E-state index is 14.5. The lowest BCUT2D eigenvalue weighted by atomic mass is 9.32. The van der Waals surface area contributed by atoms with Crippen molar-refractivity contribution in [1.82, 2.24) is 4.90 Å². The number of hydrogen-bond donors (Lipinski definition) is 2. The summed E-state index contributed by atoms with van der Waals surface area (Å²) in [5.41, 5.74) is -2.21. The number of methoxy groups -OCH3 is 1. The van der Waals surface area contributed by atoms with Crippen LogP contribution in [0.15, 0.2) is 89.1 Å². The first-order valence-electron chi connectivity index (χ1n) is 18.4. The van der Waals surface area contributed by atoms with E-state index in [2.05, 4.69) is 32.1 Å². The Bertz CT molecular complexity index is 1870. The van der Waals surface area contributed by atoms with Gasteiger partial charge in [0.1, 0.15) is 5.75 Å². The molecule has 2 N–H and O–H groups in total. The highest BCUT2D eigenvalue weighted by atomic mass is 16.6. The van der Waals surface area contributed by atoms with Crippen molar-refractivity contribution < 1.29 is 33.7 Å². The number of carbonyl (C=O) groups is 2. The number of hydrogen-bond acceptors (Lipinski definition) is 7. The van der Waals surface area contributed by atoms with Gasteiger partial charge < -0.3 is 29.0 Å². The van der Waals surface area contributed by atoms with Crippen LogP contribution in [0.1, 0.15) is 75.8 Å². The monoisotopic (exact) mass is 679 g/mol. The number of amides is 1. The van der Waals surface area contributed by atoms with E-state index >= 15 is 0 Å². The topological polar surface area (TPSA) is 109 Å². The summed E-state index contributed by atoms with van der Waals surface area (Å²) in [5.74, 6) is 0.802. The molecule has 264 valence electrons. The third kappa shape index (κ3) is 4.74. The zero-order chi connectivity index (χ0) is 34.9. The van der Waals surface area contributed by atoms with Crippen LogP contribution in [0.4, 0.5) is 4.79 Å². The highest BCUT2D eigenvalue weighted by Gasteiger charge is 2.74. The number of nitrogens with zero attached hydrogens (tertiary/aromatic N) is 1. The van der Waals surface area contributed by atoms with Crippen molar-refractivity contribution in [2.75, 3.05) is 26.8 Å². The molecule has 6 aliphatic rings. The molecule has 2 spiro atoms. The Labute approximate surface area is 294 Å². The average Bonchev–Trinajstić information content (AvgIpc) is 3.74. The van der Waals surface area contributed by atoms with Crippen LogP contribution < -0.4 is 4.74 Å². The third-order valence-electron chi connectivity index (χ3n) is 14.1. The second-order valence-corrected chi connectivity index (χ2v) is 16.3. The molecular formula is C42H49NO7. The number of furan rings is 1. The number of rotatable bonds is 9. The van der Waals surface area contributed by atoms with Crippen LogP contribution in [0, 0.1) is 33.5 Å². The standard InChI is InChI=1S/C42H49NO7/c1-38-16-13-30(44)25-40(38)19-20-42(32(26-40)36(45)33-10-6-23-49-33)34(38)14-17-39(2)35(42)15-18-41(39,47)27-43(21-7-22-48-3)37(46)50-31-12-11-28-8-4-5-9-29(28)24-31/h4-6,8-12,19-20,23-24,26,30,34-35,44,47H,7,13-18,21-22,25,27H2,1-3H3/t30?,34-,35-,38-,39+,40+,41-,42-/m1/s1. The third-order valence-corrected chi connectivity index (χ3v) is 14.1. The minimum atomic E-state index is -1.21. The van der Waals surface area contributed by atoms with E-state index in [0.29, 0.717) is 50.3 Å². The lowest BCUT2D eigenvalue weighted by molar-refractivity contribution is -0.175. The van der Waals surface area contributed by atoms with E-state index in [9.17, 15) is 19.8 Å². The molecule has 8 atom stereocenters. The molecule has 50 heavy (non-hydrogen) atoms. The number of carbonyl (C=O) groups excluding carboxylic acids is 2. The van der Waals surface area contributed by atoms with Crippen molar-refractivity contribution >= 4 is 22.6 Å². The summed E-state index contributed by atoms with van der Waals surface area (Å²) in [6, 6.07) is 17.1. The summed E-state index contributed by atoms with van der Waals surface area (Å²) in [4.78, 5) is 30.1. The Balaban J connectivity index is 1.14. The molecule has 1 aromatic heterocycles. The first kappa shape index (κ1) is 33.4. The van der Waals surface area contributed by atoms with Gasteiger partial charge in [-0.05, 0) is 104 Å². The van der Waals surface area contributed by atoms with E-state index < -0.39 is 34.0 Å². The zero-order valence-corrected chi connectivity index (χ0v) is 29.4. The highest BCUT2D eigenvalue weighted by molar-refractivity contribution is 6.08. The largest absolute Gasteiger partial charge is 0.461 e. The van der Waals surface area contributed by atoms with Crippen molar-refractivity contribution in [2.45, 2.75) is 76.9 Å². The van der Waals surface area contributed by atoms with Crippen LogP contribution >= 0.6 is 0 Å². The van der Waals surface area contributed by atoms with Gasteiger partial charge >= 0.3 is 6.09 Å². The van der Waals surface area contributed by atoms with Crippen molar-refractivity contribution in [3.05, 3.63) is 90.4 Å². The average molecular weight is 680 g/mol. The predicted octanol–water partition coefficient (Wildman–Crippen LogP) is 7.74. The molecule has 8 heteroatoms. The lowest BCUT2D eigenvalue weighted by Crippen LogP contribution is -2.67. The summed E-state index contributed by atoms with van der Waals surface area (Å²) < 4.78 is 17.0. The van der Waals surface area contributed by atoms with Crippen LogP contribution in [0.5, 0.6) is 5.75 Å². The molecular weight excluding hydrogens is 630 g/mol. The van der Waals surface area contributed by atoms with Crippen LogP contribution in [0.25, 0.3) is 10.8 Å². The summed E-state index contributed by atoms with van der Waals surface area (Å²) in [7, 11) is 1.64. The maximum Gasteiger partial charge on any atom is 0.415 e. The van der Waals surface area contributed by atoms with Gasteiger partial charge in [-0.1, -0.05) is 62.4 Å². The summed E-state index contributed by atoms with van der Waals surface area (Å²) in [6.07, 6.45) is 13.1. The van der Waals surface area contributed by atoms with E-state index in [1.54, 1.807) is 30.4 Å². The van der Waals surface area contributed by atoms with Crippen molar-refractivity contribution in [1.29, 1.82) is 0 Å². The number of aliphatic hydroxyl groups excluding tert-OH is 1. The Morgan fingerprint density at radius 1 is 0.940 bits per heavy atom. The van der Waals surface area contributed by atoms with Gasteiger partial charge in [0.05, 0.1) is 24.5 Å². The summed E-state index contributed by atoms with van der Waals surface area (Å²) >= 11 is 0.